The zero-order chi connectivity index (χ0) is 24.0. The number of hydrazine groups is 2. The molecule has 182 valence electrons. The van der Waals surface area contributed by atoms with Crippen LogP contribution in [0.1, 0.15) is 48.9 Å². The first-order valence-corrected chi connectivity index (χ1v) is 12.7. The summed E-state index contributed by atoms with van der Waals surface area (Å²) in [5.41, 5.74) is 9.29. The highest BCUT2D eigenvalue weighted by Crippen LogP contribution is 2.29. The molecule has 1 aliphatic carbocycles. The standard InChI is InChI=1S/C21H29ClFN5O4S/c22-19-12-17(28(25)16-4-2-1-3-15(24)5-6-16)11-18(20(19)23)21(29)26-27-33(30,31)13-14-7-9-32-10-8-14/h3,6,11-12,14,27H,1-2,4-5,7-10,13,24-25H2,(H,26,29)/b15-3-,16-6+. The third-order valence-electron chi connectivity index (χ3n) is 5.58. The largest absolute Gasteiger partial charge is 0.402 e. The minimum absolute atomic E-state index is 0.0746. The Morgan fingerprint density at radius 3 is 2.73 bits per heavy atom. The number of rotatable bonds is 7. The van der Waals surface area contributed by atoms with E-state index in [-0.39, 0.29) is 22.4 Å². The summed E-state index contributed by atoms with van der Waals surface area (Å²) in [5.74, 6) is 4.04. The summed E-state index contributed by atoms with van der Waals surface area (Å²) in [6.07, 6.45) is 7.86. The predicted octanol–water partition coefficient (Wildman–Crippen LogP) is 2.45. The maximum atomic E-state index is 14.6. The molecule has 0 unspecified atom stereocenters. The van der Waals surface area contributed by atoms with E-state index < -0.39 is 27.3 Å². The lowest BCUT2D eigenvalue weighted by atomic mass is 10.0. The highest BCUT2D eigenvalue weighted by Gasteiger charge is 2.24. The number of hydrogen-bond acceptors (Lipinski definition) is 7. The molecule has 9 nitrogen and oxygen atoms in total. The topological polar surface area (TPSA) is 140 Å². The number of ether oxygens (including phenoxy) is 1. The summed E-state index contributed by atoms with van der Waals surface area (Å²) in [6.45, 7) is 0.996. The SMILES string of the molecule is N/C1=C\CCC/C(N(N)c2cc(Cl)c(F)c(C(=O)NNS(=O)(=O)CC3CCOCC3)c2)=C\C1. The van der Waals surface area contributed by atoms with Crippen molar-refractivity contribution in [3.63, 3.8) is 0 Å². The van der Waals surface area contributed by atoms with Gasteiger partial charge in [0.2, 0.25) is 10.0 Å². The van der Waals surface area contributed by atoms with Crippen LogP contribution in [-0.4, -0.2) is 33.3 Å². The second-order valence-corrected chi connectivity index (χ2v) is 10.3. The van der Waals surface area contributed by atoms with Gasteiger partial charge in [-0.15, -0.1) is 4.83 Å². The maximum absolute atomic E-state index is 14.6. The first-order chi connectivity index (χ1) is 15.7. The molecule has 12 heteroatoms. The third kappa shape index (κ3) is 7.15. The van der Waals surface area contributed by atoms with Crippen molar-refractivity contribution in [2.45, 2.75) is 38.5 Å². The van der Waals surface area contributed by atoms with E-state index in [0.717, 1.165) is 24.2 Å². The van der Waals surface area contributed by atoms with Crippen LogP contribution in [0.3, 0.4) is 0 Å². The molecule has 1 aromatic rings. The van der Waals surface area contributed by atoms with Gasteiger partial charge in [-0.1, -0.05) is 23.8 Å². The van der Waals surface area contributed by atoms with Crippen LogP contribution in [-0.2, 0) is 14.8 Å². The first kappa shape index (κ1) is 25.4. The van der Waals surface area contributed by atoms with Crippen LogP contribution in [0.2, 0.25) is 5.02 Å². The zero-order valence-electron chi connectivity index (χ0n) is 18.1. The molecule has 0 aromatic heterocycles. The monoisotopic (exact) mass is 501 g/mol. The number of hydrogen-bond donors (Lipinski definition) is 4. The van der Waals surface area contributed by atoms with Gasteiger partial charge in [0.25, 0.3) is 5.91 Å². The Balaban J connectivity index is 1.72. The molecule has 1 heterocycles. The van der Waals surface area contributed by atoms with Gasteiger partial charge >= 0.3 is 0 Å². The number of nitrogens with two attached hydrogens (primary N) is 2. The predicted molar refractivity (Wildman–Crippen MR) is 125 cm³/mol. The number of carbonyl (C=O) groups is 1. The molecule has 1 aliphatic heterocycles. The number of allylic oxidation sites excluding steroid dienone is 3. The maximum Gasteiger partial charge on any atom is 0.269 e. The van der Waals surface area contributed by atoms with E-state index in [9.17, 15) is 17.6 Å². The van der Waals surface area contributed by atoms with Gasteiger partial charge in [-0.3, -0.25) is 15.2 Å². The van der Waals surface area contributed by atoms with Gasteiger partial charge in [0.05, 0.1) is 22.0 Å². The van der Waals surface area contributed by atoms with Crippen molar-refractivity contribution in [3.8, 4) is 0 Å². The molecule has 0 bridgehead atoms. The van der Waals surface area contributed by atoms with Crippen molar-refractivity contribution in [2.75, 3.05) is 24.0 Å². The summed E-state index contributed by atoms with van der Waals surface area (Å²) < 4.78 is 44.5. The normalized spacial score (nSPS) is 21.2. The molecular weight excluding hydrogens is 473 g/mol. The second kappa shape index (κ2) is 11.3. The molecule has 33 heavy (non-hydrogen) atoms. The fraction of sp³-hybridized carbons (Fsp3) is 0.476. The Labute approximate surface area is 197 Å². The van der Waals surface area contributed by atoms with Crippen molar-refractivity contribution in [1.29, 1.82) is 0 Å². The van der Waals surface area contributed by atoms with Crippen molar-refractivity contribution in [1.82, 2.24) is 10.3 Å². The van der Waals surface area contributed by atoms with Gasteiger partial charge in [0, 0.05) is 31.0 Å². The molecule has 0 spiro atoms. The Bertz CT molecular complexity index is 1040. The summed E-state index contributed by atoms with van der Waals surface area (Å²) in [6, 6.07) is 2.53. The number of sulfonamides is 1. The van der Waals surface area contributed by atoms with E-state index in [1.165, 1.54) is 17.1 Å². The van der Waals surface area contributed by atoms with Crippen molar-refractivity contribution < 1.29 is 22.3 Å². The molecule has 1 aromatic carbocycles. The molecule has 1 amide bonds. The van der Waals surface area contributed by atoms with Gasteiger partial charge < -0.3 is 10.5 Å². The van der Waals surface area contributed by atoms with Crippen molar-refractivity contribution in [3.05, 3.63) is 52.1 Å². The number of benzene rings is 1. The van der Waals surface area contributed by atoms with Gasteiger partial charge in [0.1, 0.15) is 0 Å². The molecule has 6 N–H and O–H groups in total. The number of carbonyl (C=O) groups excluding carboxylic acids is 1. The number of halogens is 2. The third-order valence-corrected chi connectivity index (χ3v) is 7.18. The minimum Gasteiger partial charge on any atom is -0.402 e. The molecule has 0 saturated carbocycles. The van der Waals surface area contributed by atoms with Crippen LogP contribution in [0.25, 0.3) is 0 Å². The van der Waals surface area contributed by atoms with Crippen molar-refractivity contribution in [2.24, 2.45) is 17.5 Å². The Morgan fingerprint density at radius 1 is 1.27 bits per heavy atom. The molecule has 2 aliphatic rings. The molecular formula is C21H29ClFN5O4S. The lowest BCUT2D eigenvalue weighted by Crippen LogP contribution is -2.44. The van der Waals surface area contributed by atoms with Crippen LogP contribution >= 0.6 is 11.6 Å². The number of amides is 1. The second-order valence-electron chi connectivity index (χ2n) is 8.12. The number of nitrogens with one attached hydrogen (secondary N) is 2. The average Bonchev–Trinajstić information content (AvgIpc) is 2.77. The molecule has 3 rings (SSSR count). The van der Waals surface area contributed by atoms with E-state index in [2.05, 4.69) is 5.43 Å². The van der Waals surface area contributed by atoms with Crippen LogP contribution in [0.15, 0.2) is 35.7 Å². The number of anilines is 1. The fourth-order valence-corrected chi connectivity index (χ4v) is 5.21. The van der Waals surface area contributed by atoms with Gasteiger partial charge in [-0.25, -0.2) is 18.7 Å². The summed E-state index contributed by atoms with van der Waals surface area (Å²) in [7, 11) is -3.82. The lowest BCUT2D eigenvalue weighted by molar-refractivity contribution is 0.0722. The van der Waals surface area contributed by atoms with E-state index in [0.29, 0.717) is 38.9 Å². The van der Waals surface area contributed by atoms with Crippen LogP contribution in [0, 0.1) is 11.7 Å². The molecule has 0 radical (unpaired) electrons. The highest BCUT2D eigenvalue weighted by atomic mass is 35.5. The highest BCUT2D eigenvalue weighted by molar-refractivity contribution is 7.89. The molecule has 1 fully saturated rings. The van der Waals surface area contributed by atoms with E-state index in [1.54, 1.807) is 0 Å². The average molecular weight is 502 g/mol. The van der Waals surface area contributed by atoms with Gasteiger partial charge in [-0.2, -0.15) is 0 Å². The first-order valence-electron chi connectivity index (χ1n) is 10.7. The summed E-state index contributed by atoms with van der Waals surface area (Å²) >= 11 is 6.01. The Hall–Kier alpha value is -2.18. The molecule has 0 atom stereocenters. The van der Waals surface area contributed by atoms with E-state index in [4.69, 9.17) is 27.9 Å². The summed E-state index contributed by atoms with van der Waals surface area (Å²) in [5, 5.41) is 1.01. The van der Waals surface area contributed by atoms with E-state index >= 15 is 0 Å². The van der Waals surface area contributed by atoms with Gasteiger partial charge in [-0.05, 0) is 50.2 Å². The minimum atomic E-state index is -3.82. The van der Waals surface area contributed by atoms with Crippen LogP contribution in [0.5, 0.6) is 0 Å². The molecule has 1 saturated heterocycles. The lowest BCUT2D eigenvalue weighted by Gasteiger charge is -2.24. The van der Waals surface area contributed by atoms with Gasteiger partial charge in [0.15, 0.2) is 5.82 Å². The Morgan fingerprint density at radius 2 is 2.00 bits per heavy atom. The summed E-state index contributed by atoms with van der Waals surface area (Å²) in [4.78, 5) is 14.6. The fourth-order valence-electron chi connectivity index (χ4n) is 3.71. The van der Waals surface area contributed by atoms with Crippen LogP contribution < -0.4 is 26.8 Å². The van der Waals surface area contributed by atoms with Crippen molar-refractivity contribution >= 4 is 33.2 Å². The Kier molecular flexibility index (Phi) is 8.71. The van der Waals surface area contributed by atoms with Crippen LogP contribution in [0.4, 0.5) is 10.1 Å². The van der Waals surface area contributed by atoms with E-state index in [1.807, 2.05) is 17.0 Å². The smallest absolute Gasteiger partial charge is 0.269 e. The quantitative estimate of drug-likeness (QED) is 0.332. The number of nitrogens with zero attached hydrogens (tertiary/aromatic N) is 1. The zero-order valence-corrected chi connectivity index (χ0v) is 19.7.